The van der Waals surface area contributed by atoms with Gasteiger partial charge in [-0.1, -0.05) is 29.8 Å². The van der Waals surface area contributed by atoms with Gasteiger partial charge in [0.15, 0.2) is 0 Å². The van der Waals surface area contributed by atoms with Crippen LogP contribution in [0.5, 0.6) is 0 Å². The number of para-hydroxylation sites is 1. The van der Waals surface area contributed by atoms with E-state index in [2.05, 4.69) is 22.0 Å². The Labute approximate surface area is 141 Å². The highest BCUT2D eigenvalue weighted by Gasteiger charge is 2.27. The number of carbonyl (C=O) groups is 1. The monoisotopic (exact) mass is 329 g/mol. The summed E-state index contributed by atoms with van der Waals surface area (Å²) < 4.78 is 0. The lowest BCUT2D eigenvalue weighted by Gasteiger charge is -2.38. The van der Waals surface area contributed by atoms with Crippen molar-refractivity contribution in [3.05, 3.63) is 59.4 Å². The third-order valence-electron chi connectivity index (χ3n) is 4.33. The molecule has 1 atom stereocenters. The standard InChI is InChI=1S/C18H20ClN3O/c1-21(18(23)17-12-14(19)9-10-20-17)16-8-5-11-22(13-16)15-6-3-2-4-7-15/h2-4,6-7,9-10,12,16H,5,8,11,13H2,1H3. The molecule has 5 heteroatoms. The Bertz CT molecular complexity index is 677. The van der Waals surface area contributed by atoms with Gasteiger partial charge in [-0.2, -0.15) is 0 Å². The highest BCUT2D eigenvalue weighted by atomic mass is 35.5. The molecular weight excluding hydrogens is 310 g/mol. The van der Waals surface area contributed by atoms with Crippen molar-refractivity contribution in [1.82, 2.24) is 9.88 Å². The number of amides is 1. The number of halogens is 1. The van der Waals surface area contributed by atoms with Crippen LogP contribution < -0.4 is 4.90 Å². The van der Waals surface area contributed by atoms with Gasteiger partial charge >= 0.3 is 0 Å². The predicted molar refractivity (Wildman–Crippen MR) is 93.0 cm³/mol. The van der Waals surface area contributed by atoms with Crippen LogP contribution in [0, 0.1) is 0 Å². The van der Waals surface area contributed by atoms with Gasteiger partial charge in [0.2, 0.25) is 0 Å². The number of hydrogen-bond acceptors (Lipinski definition) is 3. The molecule has 1 fully saturated rings. The summed E-state index contributed by atoms with van der Waals surface area (Å²) in [6, 6.07) is 13.8. The van der Waals surface area contributed by atoms with Gasteiger partial charge in [-0.25, -0.2) is 0 Å². The van der Waals surface area contributed by atoms with Crippen LogP contribution in [-0.2, 0) is 0 Å². The third-order valence-corrected chi connectivity index (χ3v) is 4.56. The quantitative estimate of drug-likeness (QED) is 0.865. The molecule has 1 aromatic heterocycles. The Kier molecular flexibility index (Phi) is 4.82. The lowest BCUT2D eigenvalue weighted by Crippen LogP contribution is -2.48. The first kappa shape index (κ1) is 15.8. The molecule has 1 saturated heterocycles. The number of piperidine rings is 1. The Morgan fingerprint density at radius 3 is 2.83 bits per heavy atom. The minimum Gasteiger partial charge on any atom is -0.369 e. The van der Waals surface area contributed by atoms with Crippen molar-refractivity contribution >= 4 is 23.2 Å². The zero-order valence-corrected chi connectivity index (χ0v) is 13.9. The predicted octanol–water partition coefficient (Wildman–Crippen LogP) is 3.48. The van der Waals surface area contributed by atoms with Crippen molar-refractivity contribution in [1.29, 1.82) is 0 Å². The molecule has 2 heterocycles. The van der Waals surface area contributed by atoms with Gasteiger partial charge in [0.25, 0.3) is 5.91 Å². The van der Waals surface area contributed by atoms with E-state index in [9.17, 15) is 4.79 Å². The number of hydrogen-bond donors (Lipinski definition) is 0. The zero-order valence-electron chi connectivity index (χ0n) is 13.2. The van der Waals surface area contributed by atoms with Gasteiger partial charge in [0, 0.05) is 43.1 Å². The Hall–Kier alpha value is -2.07. The van der Waals surface area contributed by atoms with Crippen LogP contribution in [-0.4, -0.2) is 42.0 Å². The largest absolute Gasteiger partial charge is 0.369 e. The molecule has 0 N–H and O–H groups in total. The number of aromatic nitrogens is 1. The van der Waals surface area contributed by atoms with Crippen LogP contribution in [0.15, 0.2) is 48.7 Å². The first-order chi connectivity index (χ1) is 11.1. The third kappa shape index (κ3) is 3.64. The molecule has 1 aromatic carbocycles. The number of pyridine rings is 1. The van der Waals surface area contributed by atoms with Crippen LogP contribution in [0.1, 0.15) is 23.3 Å². The van der Waals surface area contributed by atoms with E-state index in [0.29, 0.717) is 10.7 Å². The van der Waals surface area contributed by atoms with Gasteiger partial charge in [0.1, 0.15) is 5.69 Å². The summed E-state index contributed by atoms with van der Waals surface area (Å²) in [7, 11) is 1.85. The maximum absolute atomic E-state index is 12.6. The average Bonchev–Trinajstić information content (AvgIpc) is 2.61. The van der Waals surface area contributed by atoms with E-state index in [1.807, 2.05) is 25.2 Å². The molecule has 4 nitrogen and oxygen atoms in total. The summed E-state index contributed by atoms with van der Waals surface area (Å²) in [4.78, 5) is 20.9. The first-order valence-corrected chi connectivity index (χ1v) is 8.21. The van der Waals surface area contributed by atoms with Crippen LogP contribution in [0.25, 0.3) is 0 Å². The summed E-state index contributed by atoms with van der Waals surface area (Å²) in [6.45, 7) is 1.87. The molecule has 23 heavy (non-hydrogen) atoms. The minimum atomic E-state index is -0.0765. The maximum Gasteiger partial charge on any atom is 0.272 e. The topological polar surface area (TPSA) is 36.4 Å². The summed E-state index contributed by atoms with van der Waals surface area (Å²) in [5.74, 6) is -0.0765. The molecule has 1 amide bonds. The molecule has 3 rings (SSSR count). The summed E-state index contributed by atoms with van der Waals surface area (Å²) in [5, 5.41) is 0.534. The van der Waals surface area contributed by atoms with Crippen molar-refractivity contribution in [2.75, 3.05) is 25.0 Å². The maximum atomic E-state index is 12.6. The van der Waals surface area contributed by atoms with Crippen LogP contribution >= 0.6 is 11.6 Å². The SMILES string of the molecule is CN(C(=O)c1cc(Cl)ccn1)C1CCCN(c2ccccc2)C1. The van der Waals surface area contributed by atoms with Crippen molar-refractivity contribution in [2.45, 2.75) is 18.9 Å². The van der Waals surface area contributed by atoms with E-state index in [4.69, 9.17) is 11.6 Å². The highest BCUT2D eigenvalue weighted by Crippen LogP contribution is 2.22. The fraction of sp³-hybridized carbons (Fsp3) is 0.333. The average molecular weight is 330 g/mol. The van der Waals surface area contributed by atoms with Gasteiger partial charge in [0.05, 0.1) is 0 Å². The molecule has 1 aliphatic heterocycles. The first-order valence-electron chi connectivity index (χ1n) is 7.84. The van der Waals surface area contributed by atoms with Crippen molar-refractivity contribution in [3.63, 3.8) is 0 Å². The second-order valence-electron chi connectivity index (χ2n) is 5.85. The fourth-order valence-corrected chi connectivity index (χ4v) is 3.17. The lowest BCUT2D eigenvalue weighted by atomic mass is 10.0. The van der Waals surface area contributed by atoms with Crippen molar-refractivity contribution in [2.24, 2.45) is 0 Å². The Morgan fingerprint density at radius 1 is 1.30 bits per heavy atom. The summed E-state index contributed by atoms with van der Waals surface area (Å²) in [5.41, 5.74) is 1.61. The summed E-state index contributed by atoms with van der Waals surface area (Å²) in [6.07, 6.45) is 3.65. The second kappa shape index (κ2) is 7.01. The highest BCUT2D eigenvalue weighted by molar-refractivity contribution is 6.30. The van der Waals surface area contributed by atoms with E-state index < -0.39 is 0 Å². The van der Waals surface area contributed by atoms with E-state index in [0.717, 1.165) is 25.9 Å². The molecular formula is C18H20ClN3O. The van der Waals surface area contributed by atoms with Crippen LogP contribution in [0.2, 0.25) is 5.02 Å². The number of benzene rings is 1. The van der Waals surface area contributed by atoms with E-state index >= 15 is 0 Å². The second-order valence-corrected chi connectivity index (χ2v) is 6.29. The van der Waals surface area contributed by atoms with Crippen LogP contribution in [0.3, 0.4) is 0 Å². The van der Waals surface area contributed by atoms with E-state index in [1.165, 1.54) is 5.69 Å². The molecule has 1 unspecified atom stereocenters. The molecule has 120 valence electrons. The number of carbonyl (C=O) groups excluding carboxylic acids is 1. The van der Waals surface area contributed by atoms with Crippen LogP contribution in [0.4, 0.5) is 5.69 Å². The fourth-order valence-electron chi connectivity index (χ4n) is 3.01. The summed E-state index contributed by atoms with van der Waals surface area (Å²) >= 11 is 5.96. The van der Waals surface area contributed by atoms with Crippen molar-refractivity contribution in [3.8, 4) is 0 Å². The van der Waals surface area contributed by atoms with Gasteiger partial charge in [-0.15, -0.1) is 0 Å². The lowest BCUT2D eigenvalue weighted by molar-refractivity contribution is 0.0711. The zero-order chi connectivity index (χ0) is 16.2. The molecule has 0 saturated carbocycles. The molecule has 0 aliphatic carbocycles. The minimum absolute atomic E-state index is 0.0765. The van der Waals surface area contributed by atoms with Gasteiger partial charge < -0.3 is 9.80 Å². The van der Waals surface area contributed by atoms with Gasteiger partial charge in [-0.3, -0.25) is 9.78 Å². The molecule has 1 aliphatic rings. The Morgan fingerprint density at radius 2 is 2.09 bits per heavy atom. The normalized spacial score (nSPS) is 17.8. The number of rotatable bonds is 3. The molecule has 0 radical (unpaired) electrons. The molecule has 0 bridgehead atoms. The number of anilines is 1. The molecule has 0 spiro atoms. The van der Waals surface area contributed by atoms with E-state index in [1.54, 1.807) is 23.2 Å². The number of likely N-dealkylation sites (N-methyl/N-ethyl adjacent to an activating group) is 1. The smallest absolute Gasteiger partial charge is 0.272 e. The van der Waals surface area contributed by atoms with E-state index in [-0.39, 0.29) is 11.9 Å². The van der Waals surface area contributed by atoms with Gasteiger partial charge in [-0.05, 0) is 37.1 Å². The number of nitrogens with zero attached hydrogens (tertiary/aromatic N) is 3. The molecule has 2 aromatic rings. The Balaban J connectivity index is 1.72. The van der Waals surface area contributed by atoms with Crippen molar-refractivity contribution < 1.29 is 4.79 Å².